The summed E-state index contributed by atoms with van der Waals surface area (Å²) in [6, 6.07) is 0. The van der Waals surface area contributed by atoms with E-state index in [1.165, 1.54) is 0 Å². The van der Waals surface area contributed by atoms with Gasteiger partial charge >= 0.3 is 0 Å². The number of allylic oxidation sites excluding steroid dienone is 2. The maximum absolute atomic E-state index is 13.8. The highest BCUT2D eigenvalue weighted by atomic mass is 19.2. The Kier molecular flexibility index (Phi) is 4.23. The maximum Gasteiger partial charge on any atom is 0.163 e. The summed E-state index contributed by atoms with van der Waals surface area (Å²) < 4.78 is 27.5. The van der Waals surface area contributed by atoms with Crippen molar-refractivity contribution in [3.8, 4) is 0 Å². The van der Waals surface area contributed by atoms with Gasteiger partial charge in [-0.3, -0.25) is 0 Å². The minimum absolute atomic E-state index is 0.0598. The molecule has 0 fully saturated rings. The summed E-state index contributed by atoms with van der Waals surface area (Å²) in [6.07, 6.45) is 0. The van der Waals surface area contributed by atoms with Crippen molar-refractivity contribution in [2.45, 2.75) is 40.2 Å². The first-order valence-electron chi connectivity index (χ1n) is 5.12. The Balaban J connectivity index is 5.30. The number of rotatable bonds is 3. The third-order valence-electron chi connectivity index (χ3n) is 2.41. The lowest BCUT2D eigenvalue weighted by Gasteiger charge is -2.24. The molecule has 0 aliphatic carbocycles. The van der Waals surface area contributed by atoms with Gasteiger partial charge in [-0.15, -0.1) is 0 Å². The van der Waals surface area contributed by atoms with E-state index in [9.17, 15) is 8.78 Å². The van der Waals surface area contributed by atoms with E-state index in [1.54, 1.807) is 34.6 Å². The van der Waals surface area contributed by atoms with Gasteiger partial charge in [-0.2, -0.15) is 0 Å². The van der Waals surface area contributed by atoms with Crippen LogP contribution in [-0.4, -0.2) is 5.54 Å². The number of hydrogen-bond acceptors (Lipinski definition) is 1. The van der Waals surface area contributed by atoms with Crippen LogP contribution >= 0.6 is 0 Å². The average molecular weight is 229 g/mol. The van der Waals surface area contributed by atoms with E-state index in [-0.39, 0.29) is 11.1 Å². The van der Waals surface area contributed by atoms with Crippen LogP contribution in [0.15, 0.2) is 36.0 Å². The van der Waals surface area contributed by atoms with E-state index >= 15 is 0 Å². The molecule has 2 N–H and O–H groups in total. The summed E-state index contributed by atoms with van der Waals surface area (Å²) in [5.41, 5.74) is 4.19. The smallest absolute Gasteiger partial charge is 0.163 e. The molecule has 0 saturated heterocycles. The molecule has 0 aromatic carbocycles. The van der Waals surface area contributed by atoms with Gasteiger partial charge in [0.25, 0.3) is 0 Å². The third-order valence-corrected chi connectivity index (χ3v) is 2.41. The largest absolute Gasteiger partial charge is 0.322 e. The molecule has 0 aromatic heterocycles. The molecule has 0 aliphatic heterocycles. The fourth-order valence-electron chi connectivity index (χ4n) is 0.877. The lowest BCUT2D eigenvalue weighted by atomic mass is 9.85. The Morgan fingerprint density at radius 1 is 0.875 bits per heavy atom. The Morgan fingerprint density at radius 2 is 1.19 bits per heavy atom. The van der Waals surface area contributed by atoms with Gasteiger partial charge in [-0.05, 0) is 24.8 Å². The highest BCUT2D eigenvalue weighted by Gasteiger charge is 2.27. The van der Waals surface area contributed by atoms with E-state index in [1.807, 2.05) is 0 Å². The first kappa shape index (κ1) is 15.0. The highest BCUT2D eigenvalue weighted by Crippen LogP contribution is 2.35. The summed E-state index contributed by atoms with van der Waals surface area (Å²) in [4.78, 5) is 0. The van der Waals surface area contributed by atoms with E-state index in [4.69, 9.17) is 5.73 Å². The van der Waals surface area contributed by atoms with Crippen LogP contribution in [0.25, 0.3) is 0 Å². The summed E-state index contributed by atoms with van der Waals surface area (Å²) in [7, 11) is 0. The van der Waals surface area contributed by atoms with Crippen molar-refractivity contribution >= 4 is 0 Å². The number of nitrogens with two attached hydrogens (primary N) is 1. The Hall–Kier alpha value is -0.960. The molecule has 0 saturated carbocycles. The minimum Gasteiger partial charge on any atom is -0.322 e. The summed E-state index contributed by atoms with van der Waals surface area (Å²) in [5, 5.41) is 0. The van der Waals surface area contributed by atoms with Crippen molar-refractivity contribution < 1.29 is 8.78 Å². The number of halogens is 2. The standard InChI is InChI=1S/C13H21F2N/c1-8(12(3,4)5)10(14)11(15)9(2)13(6,7)16/h1-2,16H2,3-7H3/b11-10-. The van der Waals surface area contributed by atoms with Crippen LogP contribution in [0.1, 0.15) is 34.6 Å². The first-order valence-corrected chi connectivity index (χ1v) is 5.12. The molecule has 0 aromatic rings. The van der Waals surface area contributed by atoms with Gasteiger partial charge in [0.1, 0.15) is 0 Å². The van der Waals surface area contributed by atoms with Gasteiger partial charge in [0.2, 0.25) is 0 Å². The second-order valence-corrected chi connectivity index (χ2v) is 5.56. The Morgan fingerprint density at radius 3 is 1.44 bits per heavy atom. The van der Waals surface area contributed by atoms with E-state index in [0.29, 0.717) is 0 Å². The zero-order valence-electron chi connectivity index (χ0n) is 10.7. The molecule has 0 radical (unpaired) electrons. The van der Waals surface area contributed by atoms with Gasteiger partial charge < -0.3 is 5.73 Å². The zero-order chi connectivity index (χ0) is 13.3. The maximum atomic E-state index is 13.8. The quantitative estimate of drug-likeness (QED) is 0.726. The lowest BCUT2D eigenvalue weighted by Crippen LogP contribution is -2.34. The van der Waals surface area contributed by atoms with Crippen LogP contribution < -0.4 is 5.73 Å². The molecule has 0 unspecified atom stereocenters. The minimum atomic E-state index is -1.01. The summed E-state index contributed by atoms with van der Waals surface area (Å²) in [6.45, 7) is 15.5. The number of hydrogen-bond donors (Lipinski definition) is 1. The van der Waals surface area contributed by atoms with Crippen LogP contribution in [-0.2, 0) is 0 Å². The third kappa shape index (κ3) is 3.56. The fraction of sp³-hybridized carbons (Fsp3) is 0.538. The lowest BCUT2D eigenvalue weighted by molar-refractivity contribution is 0.449. The van der Waals surface area contributed by atoms with Gasteiger partial charge in [0.05, 0.1) is 0 Å². The van der Waals surface area contributed by atoms with Crippen LogP contribution in [0.4, 0.5) is 8.78 Å². The van der Waals surface area contributed by atoms with Gasteiger partial charge in [-0.25, -0.2) is 8.78 Å². The van der Waals surface area contributed by atoms with Gasteiger partial charge in [-0.1, -0.05) is 33.9 Å². The van der Waals surface area contributed by atoms with Gasteiger partial charge in [0, 0.05) is 11.1 Å². The normalized spacial score (nSPS) is 14.5. The summed E-state index contributed by atoms with van der Waals surface area (Å²) >= 11 is 0. The van der Waals surface area contributed by atoms with Crippen molar-refractivity contribution in [1.29, 1.82) is 0 Å². The molecule has 16 heavy (non-hydrogen) atoms. The van der Waals surface area contributed by atoms with Gasteiger partial charge in [0.15, 0.2) is 11.7 Å². The topological polar surface area (TPSA) is 26.0 Å². The molecule has 0 amide bonds. The highest BCUT2D eigenvalue weighted by molar-refractivity contribution is 5.41. The molecule has 0 atom stereocenters. The van der Waals surface area contributed by atoms with Crippen LogP contribution in [0.2, 0.25) is 0 Å². The second-order valence-electron chi connectivity index (χ2n) is 5.56. The SMILES string of the molecule is C=C(/C(F)=C(/F)C(=C)C(C)(C)N)C(C)(C)C. The Bertz CT molecular complexity index is 304. The fourth-order valence-corrected chi connectivity index (χ4v) is 0.877. The predicted molar refractivity (Wildman–Crippen MR) is 65.2 cm³/mol. The molecular weight excluding hydrogens is 208 g/mol. The van der Waals surface area contributed by atoms with E-state index in [2.05, 4.69) is 13.2 Å². The monoisotopic (exact) mass is 229 g/mol. The second kappa shape index (κ2) is 4.50. The summed E-state index contributed by atoms with van der Waals surface area (Å²) in [5.74, 6) is -1.97. The predicted octanol–water partition coefficient (Wildman–Crippen LogP) is 4.03. The molecule has 0 heterocycles. The molecule has 1 nitrogen and oxygen atoms in total. The van der Waals surface area contributed by atoms with Crippen molar-refractivity contribution in [3.05, 3.63) is 36.0 Å². The molecule has 92 valence electrons. The van der Waals surface area contributed by atoms with Crippen molar-refractivity contribution in [1.82, 2.24) is 0 Å². The molecule has 0 bridgehead atoms. The van der Waals surface area contributed by atoms with Crippen LogP contribution in [0.3, 0.4) is 0 Å². The van der Waals surface area contributed by atoms with E-state index < -0.39 is 22.6 Å². The average Bonchev–Trinajstić information content (AvgIpc) is 2.10. The van der Waals surface area contributed by atoms with Crippen molar-refractivity contribution in [3.63, 3.8) is 0 Å². The first-order chi connectivity index (χ1) is 6.89. The molecular formula is C13H21F2N. The van der Waals surface area contributed by atoms with Crippen LogP contribution in [0, 0.1) is 5.41 Å². The Labute approximate surface area is 96.7 Å². The van der Waals surface area contributed by atoms with E-state index in [0.717, 1.165) is 0 Å². The molecule has 0 rings (SSSR count). The molecule has 3 heteroatoms. The molecule has 0 aliphatic rings. The zero-order valence-corrected chi connectivity index (χ0v) is 10.7. The van der Waals surface area contributed by atoms with Crippen LogP contribution in [0.5, 0.6) is 0 Å². The molecule has 0 spiro atoms. The van der Waals surface area contributed by atoms with Crippen molar-refractivity contribution in [2.75, 3.05) is 0 Å². The van der Waals surface area contributed by atoms with Crippen molar-refractivity contribution in [2.24, 2.45) is 11.1 Å².